The second-order valence-electron chi connectivity index (χ2n) is 2.50. The smallest absolute Gasteiger partial charge is 0.264 e. The Kier molecular flexibility index (Phi) is 2.93. The van der Waals surface area contributed by atoms with Crippen molar-refractivity contribution < 1.29 is 0 Å². The van der Waals surface area contributed by atoms with Crippen LogP contribution in [-0.2, 0) is 0 Å². The molecule has 0 aliphatic heterocycles. The lowest BCUT2D eigenvalue weighted by molar-refractivity contribution is 0.864. The zero-order valence-electron chi connectivity index (χ0n) is 6.81. The number of benzene rings is 1. The first kappa shape index (κ1) is 9.61. The predicted octanol–water partition coefficient (Wildman–Crippen LogP) is 1.59. The molecular formula is C9H9ClN2O. The van der Waals surface area contributed by atoms with Crippen LogP contribution in [0.25, 0.3) is 5.69 Å². The third kappa shape index (κ3) is 2.00. The molecule has 68 valence electrons. The molecule has 0 spiro atoms. The lowest BCUT2D eigenvalue weighted by Gasteiger charge is -1.99. The molecule has 0 amide bonds. The molecule has 0 saturated heterocycles. The Bertz CT molecular complexity index is 418. The van der Waals surface area contributed by atoms with Gasteiger partial charge in [-0.05, 0) is 12.1 Å². The van der Waals surface area contributed by atoms with E-state index in [4.69, 9.17) is 0 Å². The highest BCUT2D eigenvalue weighted by atomic mass is 35.5. The average Bonchev–Trinajstić information content (AvgIpc) is 2.54. The monoisotopic (exact) mass is 196 g/mol. The summed E-state index contributed by atoms with van der Waals surface area (Å²) in [7, 11) is 0. The Hall–Kier alpha value is -1.48. The number of rotatable bonds is 1. The summed E-state index contributed by atoms with van der Waals surface area (Å²) >= 11 is 0. The van der Waals surface area contributed by atoms with Crippen LogP contribution in [0.4, 0.5) is 0 Å². The van der Waals surface area contributed by atoms with Crippen molar-refractivity contribution in [1.29, 1.82) is 0 Å². The van der Waals surface area contributed by atoms with Crippen LogP contribution >= 0.6 is 12.4 Å². The molecule has 1 aromatic carbocycles. The quantitative estimate of drug-likeness (QED) is 0.739. The van der Waals surface area contributed by atoms with Crippen LogP contribution < -0.4 is 5.56 Å². The van der Waals surface area contributed by atoms with Crippen molar-refractivity contribution >= 4 is 12.4 Å². The van der Waals surface area contributed by atoms with Crippen molar-refractivity contribution in [2.75, 3.05) is 0 Å². The number of hydrogen-bond acceptors (Lipinski definition) is 1. The zero-order valence-corrected chi connectivity index (χ0v) is 7.62. The van der Waals surface area contributed by atoms with Crippen LogP contribution in [0.3, 0.4) is 0 Å². The van der Waals surface area contributed by atoms with E-state index in [1.54, 1.807) is 10.9 Å². The van der Waals surface area contributed by atoms with E-state index in [1.165, 1.54) is 6.07 Å². The molecular weight excluding hydrogens is 188 g/mol. The van der Waals surface area contributed by atoms with E-state index in [0.717, 1.165) is 5.69 Å². The highest BCUT2D eigenvalue weighted by molar-refractivity contribution is 5.85. The van der Waals surface area contributed by atoms with Crippen molar-refractivity contribution in [3.05, 3.63) is 52.9 Å². The second-order valence-corrected chi connectivity index (χ2v) is 2.50. The average molecular weight is 197 g/mol. The first-order valence-electron chi connectivity index (χ1n) is 3.69. The van der Waals surface area contributed by atoms with E-state index in [1.807, 2.05) is 30.3 Å². The van der Waals surface area contributed by atoms with Gasteiger partial charge in [-0.25, -0.2) is 0 Å². The van der Waals surface area contributed by atoms with Crippen LogP contribution in [0.5, 0.6) is 0 Å². The van der Waals surface area contributed by atoms with Gasteiger partial charge in [-0.1, -0.05) is 18.2 Å². The van der Waals surface area contributed by atoms with Crippen molar-refractivity contribution in [2.45, 2.75) is 0 Å². The van der Waals surface area contributed by atoms with Crippen LogP contribution in [-0.4, -0.2) is 9.78 Å². The SMILES string of the molecule is Cl.O=c1ccn(-c2ccccc2)[nH]1. The summed E-state index contributed by atoms with van der Waals surface area (Å²) in [6.07, 6.45) is 1.71. The van der Waals surface area contributed by atoms with E-state index in [0.29, 0.717) is 0 Å². The Morgan fingerprint density at radius 3 is 2.31 bits per heavy atom. The fourth-order valence-electron chi connectivity index (χ4n) is 1.07. The number of nitrogens with one attached hydrogen (secondary N) is 1. The Labute approximate surface area is 81.4 Å². The zero-order chi connectivity index (χ0) is 8.39. The summed E-state index contributed by atoms with van der Waals surface area (Å²) in [6, 6.07) is 11.1. The molecule has 1 aromatic heterocycles. The number of nitrogens with zero attached hydrogens (tertiary/aromatic N) is 1. The van der Waals surface area contributed by atoms with Gasteiger partial charge in [0.25, 0.3) is 5.56 Å². The summed E-state index contributed by atoms with van der Waals surface area (Å²) in [5.41, 5.74) is 0.874. The molecule has 0 atom stereocenters. The van der Waals surface area contributed by atoms with Crippen molar-refractivity contribution in [3.63, 3.8) is 0 Å². The molecule has 0 fully saturated rings. The molecule has 0 saturated carbocycles. The fraction of sp³-hybridized carbons (Fsp3) is 0. The van der Waals surface area contributed by atoms with Gasteiger partial charge in [0.2, 0.25) is 0 Å². The molecule has 4 heteroatoms. The predicted molar refractivity (Wildman–Crippen MR) is 53.6 cm³/mol. The number of hydrogen-bond donors (Lipinski definition) is 1. The first-order chi connectivity index (χ1) is 5.86. The highest BCUT2D eigenvalue weighted by Crippen LogP contribution is 2.01. The number of aromatic amines is 1. The third-order valence-electron chi connectivity index (χ3n) is 1.64. The number of para-hydroxylation sites is 1. The van der Waals surface area contributed by atoms with Gasteiger partial charge in [0, 0.05) is 12.3 Å². The second kappa shape index (κ2) is 3.96. The maximum atomic E-state index is 10.8. The van der Waals surface area contributed by atoms with E-state index >= 15 is 0 Å². The topological polar surface area (TPSA) is 37.8 Å². The molecule has 0 unspecified atom stereocenters. The van der Waals surface area contributed by atoms with Gasteiger partial charge in [0.1, 0.15) is 0 Å². The van der Waals surface area contributed by atoms with Crippen molar-refractivity contribution in [1.82, 2.24) is 9.78 Å². The van der Waals surface area contributed by atoms with Gasteiger partial charge in [0.05, 0.1) is 5.69 Å². The summed E-state index contributed by atoms with van der Waals surface area (Å²) in [5, 5.41) is 2.65. The number of halogens is 1. The van der Waals surface area contributed by atoms with Gasteiger partial charge < -0.3 is 0 Å². The van der Waals surface area contributed by atoms with E-state index < -0.39 is 0 Å². The van der Waals surface area contributed by atoms with Crippen molar-refractivity contribution in [2.24, 2.45) is 0 Å². The molecule has 0 aliphatic rings. The van der Waals surface area contributed by atoms with Gasteiger partial charge >= 0.3 is 0 Å². The molecule has 0 radical (unpaired) electrons. The minimum atomic E-state index is -0.0844. The van der Waals surface area contributed by atoms with Gasteiger partial charge in [-0.2, -0.15) is 0 Å². The van der Waals surface area contributed by atoms with E-state index in [2.05, 4.69) is 5.10 Å². The maximum absolute atomic E-state index is 10.8. The lowest BCUT2D eigenvalue weighted by Crippen LogP contribution is -2.02. The molecule has 13 heavy (non-hydrogen) atoms. The summed E-state index contributed by atoms with van der Waals surface area (Å²) in [4.78, 5) is 10.8. The summed E-state index contributed by atoms with van der Waals surface area (Å²) < 4.78 is 1.68. The van der Waals surface area contributed by atoms with Gasteiger partial charge in [-0.15, -0.1) is 12.4 Å². The minimum absolute atomic E-state index is 0. The third-order valence-corrected chi connectivity index (χ3v) is 1.64. The van der Waals surface area contributed by atoms with Gasteiger partial charge in [0.15, 0.2) is 0 Å². The molecule has 1 heterocycles. The summed E-state index contributed by atoms with van der Waals surface area (Å²) in [6.45, 7) is 0. The lowest BCUT2D eigenvalue weighted by atomic mass is 10.3. The first-order valence-corrected chi connectivity index (χ1v) is 3.69. The van der Waals surface area contributed by atoms with Crippen LogP contribution in [0.1, 0.15) is 0 Å². The molecule has 3 nitrogen and oxygen atoms in total. The van der Waals surface area contributed by atoms with Crippen LogP contribution in [0.15, 0.2) is 47.4 Å². The Balaban J connectivity index is 0.000000845. The molecule has 0 bridgehead atoms. The molecule has 2 rings (SSSR count). The Morgan fingerprint density at radius 1 is 1.08 bits per heavy atom. The highest BCUT2D eigenvalue weighted by Gasteiger charge is 1.92. The fourth-order valence-corrected chi connectivity index (χ4v) is 1.07. The Morgan fingerprint density at radius 2 is 1.77 bits per heavy atom. The number of aromatic nitrogens is 2. The van der Waals surface area contributed by atoms with Crippen molar-refractivity contribution in [3.8, 4) is 5.69 Å². The maximum Gasteiger partial charge on any atom is 0.264 e. The minimum Gasteiger partial charge on any atom is -0.268 e. The standard InChI is InChI=1S/C9H8N2O.ClH/c12-9-6-7-11(10-9)8-4-2-1-3-5-8;/h1-7H,(H,10,12);1H. The van der Waals surface area contributed by atoms with Crippen LogP contribution in [0, 0.1) is 0 Å². The molecule has 0 aliphatic carbocycles. The summed E-state index contributed by atoms with van der Waals surface area (Å²) in [5.74, 6) is 0. The number of H-pyrrole nitrogens is 1. The van der Waals surface area contributed by atoms with E-state index in [9.17, 15) is 4.79 Å². The largest absolute Gasteiger partial charge is 0.268 e. The normalized spacial score (nSPS) is 9.23. The molecule has 1 N–H and O–H groups in total. The van der Waals surface area contributed by atoms with E-state index in [-0.39, 0.29) is 18.0 Å². The van der Waals surface area contributed by atoms with Gasteiger partial charge in [-0.3, -0.25) is 14.6 Å². The molecule has 2 aromatic rings. The van der Waals surface area contributed by atoms with Crippen LogP contribution in [0.2, 0.25) is 0 Å².